The normalized spacial score (nSPS) is 20.1. The zero-order chi connectivity index (χ0) is 17.1. The van der Waals surface area contributed by atoms with Gasteiger partial charge in [-0.2, -0.15) is 11.8 Å². The second-order valence-corrected chi connectivity index (χ2v) is 9.18. The van der Waals surface area contributed by atoms with Gasteiger partial charge < -0.3 is 22.9 Å². The van der Waals surface area contributed by atoms with Gasteiger partial charge in [0.05, 0.1) is 11.5 Å². The van der Waals surface area contributed by atoms with Crippen molar-refractivity contribution >= 4 is 43.7 Å². The second kappa shape index (κ2) is 13.0. The Morgan fingerprint density at radius 2 is 1.05 bits per heavy atom. The molecule has 134 valence electrons. The molecule has 12 N–H and O–H groups in total. The molecule has 0 spiro atoms. The van der Waals surface area contributed by atoms with E-state index in [2.05, 4.69) is 8.57 Å². The van der Waals surface area contributed by atoms with Gasteiger partial charge in [-0.25, -0.2) is 17.0 Å². The molecule has 0 aromatic heterocycles. The molecule has 0 saturated carbocycles. The van der Waals surface area contributed by atoms with Crippen molar-refractivity contribution in [3.63, 3.8) is 0 Å². The van der Waals surface area contributed by atoms with Crippen molar-refractivity contribution in [1.29, 1.82) is 0 Å². The van der Waals surface area contributed by atoms with E-state index in [0.29, 0.717) is 11.5 Å². The van der Waals surface area contributed by atoms with Crippen LogP contribution < -0.4 is 34.7 Å². The highest BCUT2D eigenvalue weighted by atomic mass is 33.1. The molecule has 14 heteroatoms. The van der Waals surface area contributed by atoms with E-state index in [4.69, 9.17) is 34.7 Å². The van der Waals surface area contributed by atoms with Gasteiger partial charge in [0.15, 0.2) is 22.2 Å². The third kappa shape index (κ3) is 10.5. The van der Waals surface area contributed by atoms with E-state index in [9.17, 15) is 8.42 Å². The van der Waals surface area contributed by atoms with Gasteiger partial charge in [0, 0.05) is 35.7 Å². The summed E-state index contributed by atoms with van der Waals surface area (Å²) in [5.41, 5.74) is 23.3. The van der Waals surface area contributed by atoms with Crippen molar-refractivity contribution in [2.45, 2.75) is 24.2 Å². The average molecular weight is 397 g/mol. The van der Waals surface area contributed by atoms with Crippen LogP contribution in [0.5, 0.6) is 0 Å². The smallest absolute Gasteiger partial charge is 0.174 e. The maximum atomic E-state index is 11.1. The first-order chi connectivity index (χ1) is 10.3. The first kappa shape index (κ1) is 22.7. The summed E-state index contributed by atoms with van der Waals surface area (Å²) in [6, 6.07) is -1.70. The lowest BCUT2D eigenvalue weighted by atomic mass is 10.2. The van der Waals surface area contributed by atoms with Crippen LogP contribution in [0, 0.1) is 0 Å². The molecular weight excluding hydrogens is 372 g/mol. The Balaban J connectivity index is 3.86. The molecule has 2 unspecified atom stereocenters. The molecule has 0 aliphatic carbocycles. The van der Waals surface area contributed by atoms with Crippen molar-refractivity contribution in [2.75, 3.05) is 23.0 Å². The average Bonchev–Trinajstić information content (AvgIpc) is 2.50. The molecule has 0 amide bonds. The van der Waals surface area contributed by atoms with Crippen LogP contribution in [-0.4, -0.2) is 55.6 Å². The van der Waals surface area contributed by atoms with Gasteiger partial charge in [0.1, 0.15) is 0 Å². The fourth-order valence-corrected chi connectivity index (χ4v) is 4.94. The summed E-state index contributed by atoms with van der Waals surface area (Å²) in [6.45, 7) is 0. The van der Waals surface area contributed by atoms with E-state index in [0.717, 1.165) is 0 Å². The van der Waals surface area contributed by atoms with Crippen molar-refractivity contribution in [2.24, 2.45) is 34.7 Å². The summed E-state index contributed by atoms with van der Waals surface area (Å²) in [5, 5.41) is 0. The van der Waals surface area contributed by atoms with Crippen LogP contribution in [0.3, 0.4) is 0 Å². The van der Waals surface area contributed by atoms with Crippen molar-refractivity contribution < 1.29 is 17.0 Å². The minimum absolute atomic E-state index is 0.0676. The van der Waals surface area contributed by atoms with E-state index >= 15 is 0 Å². The van der Waals surface area contributed by atoms with Crippen LogP contribution in [0.2, 0.25) is 0 Å². The van der Waals surface area contributed by atoms with Gasteiger partial charge in [-0.3, -0.25) is 0 Å². The van der Waals surface area contributed by atoms with Crippen molar-refractivity contribution in [3.8, 4) is 0 Å². The topological polar surface area (TPSA) is 209 Å². The van der Waals surface area contributed by atoms with Gasteiger partial charge in [-0.05, 0) is 0 Å². The fourth-order valence-electron chi connectivity index (χ4n) is 1.14. The number of rotatable bonds is 13. The van der Waals surface area contributed by atoms with Crippen LogP contribution in [0.15, 0.2) is 0 Å². The summed E-state index contributed by atoms with van der Waals surface area (Å²) in [5.74, 6) is 10.8. The summed E-state index contributed by atoms with van der Waals surface area (Å²) >= 11 is -3.27. The monoisotopic (exact) mass is 396 g/mol. The van der Waals surface area contributed by atoms with E-state index < -0.39 is 34.2 Å². The molecule has 6 atom stereocenters. The summed E-state index contributed by atoms with van der Waals surface area (Å²) in [4.78, 5) is 0. The van der Waals surface area contributed by atoms with Crippen LogP contribution in [0.4, 0.5) is 0 Å². The lowest BCUT2D eigenvalue weighted by Gasteiger charge is -2.20. The third-order valence-electron chi connectivity index (χ3n) is 2.58. The molecule has 10 nitrogen and oxygen atoms in total. The zero-order valence-corrected chi connectivity index (χ0v) is 15.1. The maximum Gasteiger partial charge on any atom is 0.174 e. The Bertz CT molecular complexity index is 323. The van der Waals surface area contributed by atoms with Gasteiger partial charge in [0.25, 0.3) is 0 Å². The summed E-state index contributed by atoms with van der Waals surface area (Å²) < 4.78 is 30.4. The molecule has 0 heterocycles. The molecule has 0 saturated heterocycles. The lowest BCUT2D eigenvalue weighted by Crippen LogP contribution is -2.47. The first-order valence-corrected chi connectivity index (χ1v) is 11.1. The van der Waals surface area contributed by atoms with E-state index in [-0.39, 0.29) is 23.6 Å². The van der Waals surface area contributed by atoms with E-state index in [1.807, 2.05) is 0 Å². The summed E-state index contributed by atoms with van der Waals surface area (Å²) in [6.07, 6.45) is 0. The molecule has 0 aliphatic rings. The maximum absolute atomic E-state index is 11.1. The molecule has 0 aromatic carbocycles. The minimum Gasteiger partial charge on any atom is -0.326 e. The fraction of sp³-hybridized carbons (Fsp3) is 1.00. The molecule has 0 fully saturated rings. The Morgan fingerprint density at radius 3 is 1.32 bits per heavy atom. The van der Waals surface area contributed by atoms with Crippen LogP contribution in [0.1, 0.15) is 0 Å². The first-order valence-electron chi connectivity index (χ1n) is 6.09. The molecule has 0 aliphatic heterocycles. The molecule has 0 aromatic rings. The van der Waals surface area contributed by atoms with Crippen LogP contribution in [0.25, 0.3) is 0 Å². The van der Waals surface area contributed by atoms with Gasteiger partial charge >= 0.3 is 0 Å². The highest BCUT2D eigenvalue weighted by molar-refractivity contribution is 8.76. The molecule has 0 radical (unpaired) electrons. The number of nitrogens with two attached hydrogens (primary N) is 6. The van der Waals surface area contributed by atoms with Gasteiger partial charge in [-0.15, -0.1) is 0 Å². The number of hydrogen-bond acceptors (Lipinski definition) is 12. The van der Waals surface area contributed by atoms with Crippen LogP contribution >= 0.6 is 21.6 Å². The number of hydrogen-bond donors (Lipinski definition) is 6. The molecule has 0 rings (SSSR count). The Kier molecular flexibility index (Phi) is 13.4. The predicted molar refractivity (Wildman–Crippen MR) is 93.4 cm³/mol. The largest absolute Gasteiger partial charge is 0.326 e. The van der Waals surface area contributed by atoms with Gasteiger partial charge in [-0.1, -0.05) is 21.6 Å². The molecule has 0 bridgehead atoms. The van der Waals surface area contributed by atoms with Crippen molar-refractivity contribution in [1.82, 2.24) is 0 Å². The van der Waals surface area contributed by atoms with Gasteiger partial charge in [0.2, 0.25) is 0 Å². The third-order valence-corrected chi connectivity index (χ3v) is 6.84. The Morgan fingerprint density at radius 1 is 0.727 bits per heavy atom. The molecule has 22 heavy (non-hydrogen) atoms. The highest BCUT2D eigenvalue weighted by Gasteiger charge is 2.19. The van der Waals surface area contributed by atoms with Crippen LogP contribution in [-0.2, 0) is 30.7 Å². The lowest BCUT2D eigenvalue weighted by molar-refractivity contribution is 0.363. The van der Waals surface area contributed by atoms with E-state index in [1.165, 1.54) is 21.6 Å². The summed E-state index contributed by atoms with van der Waals surface area (Å²) in [7, 11) is 2.94. The van der Waals surface area contributed by atoms with Crippen molar-refractivity contribution in [3.05, 3.63) is 0 Å². The standard InChI is InChI=1S/C8H24N6O4S4/c9-5(7(11)3-21(15)17-13)1-19-20-2-6(10)8(12)4-22(16)18-14/h5-8H,1-4,9-14H2/t5-,6-,7-,8-,21?,22?/m1/s1. The molecular formula is C8H24N6O4S4. The predicted octanol–water partition coefficient (Wildman–Crippen LogP) is -3.21. The minimum atomic E-state index is -1.64. The Hall–Kier alpha value is 0.680. The highest BCUT2D eigenvalue weighted by Crippen LogP contribution is 2.23. The zero-order valence-electron chi connectivity index (χ0n) is 11.9. The quantitative estimate of drug-likeness (QED) is 0.103. The SMILES string of the molecule is NOS(=O)C[C@@H](N)[C@H](N)CSSC[C@@H](N)[C@H](N)CS(=O)ON. The Labute approximate surface area is 142 Å². The van der Waals surface area contributed by atoms with E-state index in [1.54, 1.807) is 0 Å². The second-order valence-electron chi connectivity index (χ2n) is 4.36.